The number of hydrogen-bond acceptors (Lipinski definition) is 3. The first kappa shape index (κ1) is 16.4. The molecule has 1 aromatic carbocycles. The number of halogens is 1. The molecule has 0 unspecified atom stereocenters. The molecule has 6 nitrogen and oxygen atoms in total. The standard InChI is InChI=1S/C16H16FN3O3/c1-10(11-3-5-12(17)6-4-11)18-15(22)16(23)19-13-7-8-14(21)20(2)9-13/h3-10H,1-2H3,(H,18,22)(H,19,23)/t10-/m0/s1. The van der Waals surface area contributed by atoms with Crippen LogP contribution in [0.15, 0.2) is 47.4 Å². The Morgan fingerprint density at radius 3 is 2.35 bits per heavy atom. The molecule has 120 valence electrons. The number of rotatable bonds is 3. The van der Waals surface area contributed by atoms with E-state index in [2.05, 4.69) is 10.6 Å². The fraction of sp³-hybridized carbons (Fsp3) is 0.188. The van der Waals surface area contributed by atoms with Crippen LogP contribution in [0.25, 0.3) is 0 Å². The van der Waals surface area contributed by atoms with Gasteiger partial charge in [-0.25, -0.2) is 4.39 Å². The van der Waals surface area contributed by atoms with E-state index in [0.717, 1.165) is 0 Å². The summed E-state index contributed by atoms with van der Waals surface area (Å²) in [5, 5.41) is 4.92. The van der Waals surface area contributed by atoms with Crippen LogP contribution < -0.4 is 16.2 Å². The number of aryl methyl sites for hydroxylation is 1. The molecule has 1 aromatic heterocycles. The lowest BCUT2D eigenvalue weighted by molar-refractivity contribution is -0.136. The molecule has 1 heterocycles. The predicted molar refractivity (Wildman–Crippen MR) is 83.3 cm³/mol. The molecule has 2 N–H and O–H groups in total. The van der Waals surface area contributed by atoms with Gasteiger partial charge >= 0.3 is 11.8 Å². The zero-order valence-corrected chi connectivity index (χ0v) is 12.7. The third kappa shape index (κ3) is 4.26. The molecule has 2 rings (SSSR count). The van der Waals surface area contributed by atoms with E-state index in [1.807, 2.05) is 0 Å². The Hall–Kier alpha value is -2.96. The maximum atomic E-state index is 12.9. The van der Waals surface area contributed by atoms with E-state index in [4.69, 9.17) is 0 Å². The lowest BCUT2D eigenvalue weighted by Gasteiger charge is -2.14. The predicted octanol–water partition coefficient (Wildman–Crippen LogP) is 1.34. The van der Waals surface area contributed by atoms with Crippen LogP contribution in [0.5, 0.6) is 0 Å². The molecule has 0 saturated carbocycles. The lowest BCUT2D eigenvalue weighted by atomic mass is 10.1. The van der Waals surface area contributed by atoms with E-state index in [1.165, 1.54) is 54.2 Å². The first-order valence-corrected chi connectivity index (χ1v) is 6.91. The highest BCUT2D eigenvalue weighted by Crippen LogP contribution is 2.12. The lowest BCUT2D eigenvalue weighted by Crippen LogP contribution is -2.37. The Labute approximate surface area is 131 Å². The molecule has 0 spiro atoms. The quantitative estimate of drug-likeness (QED) is 0.838. The number of hydrogen-bond donors (Lipinski definition) is 2. The first-order valence-electron chi connectivity index (χ1n) is 6.91. The second kappa shape index (κ2) is 6.87. The van der Waals surface area contributed by atoms with Crippen molar-refractivity contribution in [2.45, 2.75) is 13.0 Å². The van der Waals surface area contributed by atoms with Gasteiger partial charge in [-0.05, 0) is 30.7 Å². The van der Waals surface area contributed by atoms with E-state index in [0.29, 0.717) is 11.3 Å². The third-order valence-corrected chi connectivity index (χ3v) is 3.27. The van der Waals surface area contributed by atoms with Crippen molar-refractivity contribution in [2.75, 3.05) is 5.32 Å². The monoisotopic (exact) mass is 317 g/mol. The fourth-order valence-electron chi connectivity index (χ4n) is 1.95. The number of carbonyl (C=O) groups is 2. The minimum atomic E-state index is -0.849. The maximum Gasteiger partial charge on any atom is 0.313 e. The van der Waals surface area contributed by atoms with Crippen LogP contribution in [-0.2, 0) is 16.6 Å². The van der Waals surface area contributed by atoms with E-state index < -0.39 is 17.9 Å². The molecule has 7 heteroatoms. The molecule has 0 fully saturated rings. The van der Waals surface area contributed by atoms with Gasteiger partial charge in [-0.1, -0.05) is 12.1 Å². The molecule has 0 aliphatic heterocycles. The Balaban J connectivity index is 1.99. The smallest absolute Gasteiger partial charge is 0.313 e. The first-order chi connectivity index (χ1) is 10.9. The van der Waals surface area contributed by atoms with Crippen molar-refractivity contribution in [1.29, 1.82) is 0 Å². The summed E-state index contributed by atoms with van der Waals surface area (Å²) in [7, 11) is 1.54. The number of aromatic nitrogens is 1. The average Bonchev–Trinajstić information content (AvgIpc) is 2.51. The summed E-state index contributed by atoms with van der Waals surface area (Å²) in [4.78, 5) is 35.0. The summed E-state index contributed by atoms with van der Waals surface area (Å²) >= 11 is 0. The number of amides is 2. The van der Waals surface area contributed by atoms with Gasteiger partial charge in [0.25, 0.3) is 0 Å². The number of carbonyl (C=O) groups excluding carboxylic acids is 2. The molecule has 0 radical (unpaired) electrons. The summed E-state index contributed by atoms with van der Waals surface area (Å²) in [6.45, 7) is 1.69. The van der Waals surface area contributed by atoms with Gasteiger partial charge in [-0.3, -0.25) is 14.4 Å². The van der Waals surface area contributed by atoms with Crippen LogP contribution in [-0.4, -0.2) is 16.4 Å². The summed E-state index contributed by atoms with van der Waals surface area (Å²) in [5.41, 5.74) is 0.786. The van der Waals surface area contributed by atoms with Crippen LogP contribution in [0.3, 0.4) is 0 Å². The number of benzene rings is 1. The van der Waals surface area contributed by atoms with Crippen molar-refractivity contribution >= 4 is 17.5 Å². The highest BCUT2D eigenvalue weighted by molar-refractivity contribution is 6.39. The van der Waals surface area contributed by atoms with E-state index in [1.54, 1.807) is 6.92 Å². The Bertz CT molecular complexity index is 784. The SMILES string of the molecule is C[C@H](NC(=O)C(=O)Nc1ccc(=O)n(C)c1)c1ccc(F)cc1. The minimum Gasteiger partial charge on any atom is -0.341 e. The minimum absolute atomic E-state index is 0.225. The van der Waals surface area contributed by atoms with Gasteiger partial charge in [0.2, 0.25) is 5.56 Å². The van der Waals surface area contributed by atoms with Gasteiger partial charge in [-0.2, -0.15) is 0 Å². The van der Waals surface area contributed by atoms with Crippen molar-refractivity contribution in [3.63, 3.8) is 0 Å². The zero-order valence-electron chi connectivity index (χ0n) is 12.7. The second-order valence-electron chi connectivity index (χ2n) is 5.07. The number of pyridine rings is 1. The van der Waals surface area contributed by atoms with Crippen LogP contribution >= 0.6 is 0 Å². The van der Waals surface area contributed by atoms with E-state index in [-0.39, 0.29) is 11.4 Å². The fourth-order valence-corrected chi connectivity index (χ4v) is 1.95. The molecule has 0 aliphatic rings. The molecular formula is C16H16FN3O3. The average molecular weight is 317 g/mol. The third-order valence-electron chi connectivity index (χ3n) is 3.27. The molecule has 23 heavy (non-hydrogen) atoms. The Morgan fingerprint density at radius 2 is 1.74 bits per heavy atom. The number of anilines is 1. The topological polar surface area (TPSA) is 80.2 Å². The van der Waals surface area contributed by atoms with Gasteiger partial charge in [0.05, 0.1) is 11.7 Å². The van der Waals surface area contributed by atoms with Crippen LogP contribution in [0.2, 0.25) is 0 Å². The van der Waals surface area contributed by atoms with Gasteiger partial charge < -0.3 is 15.2 Å². The summed E-state index contributed by atoms with van der Waals surface area (Å²) < 4.78 is 14.2. The van der Waals surface area contributed by atoms with Crippen molar-refractivity contribution in [2.24, 2.45) is 7.05 Å². The van der Waals surface area contributed by atoms with Crippen LogP contribution in [0, 0.1) is 5.82 Å². The number of nitrogens with one attached hydrogen (secondary N) is 2. The van der Waals surface area contributed by atoms with Gasteiger partial charge in [0.15, 0.2) is 0 Å². The molecule has 0 saturated heterocycles. The van der Waals surface area contributed by atoms with E-state index in [9.17, 15) is 18.8 Å². The van der Waals surface area contributed by atoms with Gasteiger partial charge in [0.1, 0.15) is 5.82 Å². The van der Waals surface area contributed by atoms with Crippen molar-refractivity contribution in [3.05, 3.63) is 64.3 Å². The molecule has 1 atom stereocenters. The zero-order chi connectivity index (χ0) is 17.0. The van der Waals surface area contributed by atoms with Gasteiger partial charge in [0, 0.05) is 19.3 Å². The Morgan fingerprint density at radius 1 is 1.09 bits per heavy atom. The normalized spacial score (nSPS) is 11.6. The van der Waals surface area contributed by atoms with Crippen LogP contribution in [0.4, 0.5) is 10.1 Å². The molecule has 2 aromatic rings. The van der Waals surface area contributed by atoms with Crippen molar-refractivity contribution in [3.8, 4) is 0 Å². The largest absolute Gasteiger partial charge is 0.341 e. The second-order valence-corrected chi connectivity index (χ2v) is 5.07. The van der Waals surface area contributed by atoms with E-state index >= 15 is 0 Å². The summed E-state index contributed by atoms with van der Waals surface area (Å²) in [5.74, 6) is -2.05. The molecule has 0 bridgehead atoms. The highest BCUT2D eigenvalue weighted by Gasteiger charge is 2.17. The van der Waals surface area contributed by atoms with Crippen molar-refractivity contribution < 1.29 is 14.0 Å². The van der Waals surface area contributed by atoms with Crippen molar-refractivity contribution in [1.82, 2.24) is 9.88 Å². The molecular weight excluding hydrogens is 301 g/mol. The summed E-state index contributed by atoms with van der Waals surface area (Å²) in [6.07, 6.45) is 1.41. The molecule has 0 aliphatic carbocycles. The van der Waals surface area contributed by atoms with Gasteiger partial charge in [-0.15, -0.1) is 0 Å². The Kier molecular flexibility index (Phi) is 4.90. The van der Waals surface area contributed by atoms with Crippen LogP contribution in [0.1, 0.15) is 18.5 Å². The summed E-state index contributed by atoms with van der Waals surface area (Å²) in [6, 6.07) is 7.88. The number of nitrogens with zero attached hydrogens (tertiary/aromatic N) is 1. The maximum absolute atomic E-state index is 12.9. The highest BCUT2D eigenvalue weighted by atomic mass is 19.1. The molecule has 2 amide bonds.